The van der Waals surface area contributed by atoms with Crippen LogP contribution in [-0.4, -0.2) is 30.2 Å². The molecule has 0 radical (unpaired) electrons. The molecule has 27 heavy (non-hydrogen) atoms. The third-order valence-electron chi connectivity index (χ3n) is 4.36. The highest BCUT2D eigenvalue weighted by Gasteiger charge is 2.37. The zero-order chi connectivity index (χ0) is 19.2. The first-order valence-corrected chi connectivity index (χ1v) is 9.94. The number of benzene rings is 1. The van der Waals surface area contributed by atoms with E-state index in [1.807, 2.05) is 54.8 Å². The zero-order valence-corrected chi connectivity index (χ0v) is 16.2. The molecule has 1 aromatic carbocycles. The van der Waals surface area contributed by atoms with Crippen molar-refractivity contribution in [1.29, 1.82) is 0 Å². The monoisotopic (exact) mass is 385 g/mol. The van der Waals surface area contributed by atoms with Gasteiger partial charge in [-0.05, 0) is 36.9 Å². The predicted molar refractivity (Wildman–Crippen MR) is 107 cm³/mol. The molecule has 2 heterocycles. The van der Waals surface area contributed by atoms with Crippen LogP contribution < -0.4 is 10.3 Å². The number of thiophene rings is 1. The van der Waals surface area contributed by atoms with Crippen LogP contribution in [0.4, 0.5) is 5.69 Å². The summed E-state index contributed by atoms with van der Waals surface area (Å²) >= 11 is 1.62. The molecule has 6 nitrogen and oxygen atoms in total. The lowest BCUT2D eigenvalue weighted by Gasteiger charge is -2.25. The minimum atomic E-state index is -0.583. The first kappa shape index (κ1) is 19.1. The van der Waals surface area contributed by atoms with Crippen molar-refractivity contribution in [2.45, 2.75) is 38.8 Å². The Morgan fingerprint density at radius 3 is 2.67 bits per heavy atom. The number of para-hydroxylation sites is 1. The summed E-state index contributed by atoms with van der Waals surface area (Å²) in [5, 5.41) is 11.1. The number of esters is 1. The number of anilines is 1. The molecule has 2 atom stereocenters. The Bertz CT molecular complexity index is 805. The van der Waals surface area contributed by atoms with Crippen LogP contribution in [0.1, 0.15) is 37.6 Å². The van der Waals surface area contributed by atoms with Crippen molar-refractivity contribution >= 4 is 34.6 Å². The summed E-state index contributed by atoms with van der Waals surface area (Å²) in [7, 11) is 0. The van der Waals surface area contributed by atoms with E-state index < -0.39 is 12.0 Å². The largest absolute Gasteiger partial charge is 0.461 e. The van der Waals surface area contributed by atoms with Gasteiger partial charge in [0.25, 0.3) is 0 Å². The minimum Gasteiger partial charge on any atom is -0.461 e. The van der Waals surface area contributed by atoms with Crippen LogP contribution in [0.3, 0.4) is 0 Å². The average Bonchev–Trinajstić information content (AvgIpc) is 3.37. The van der Waals surface area contributed by atoms with Gasteiger partial charge < -0.3 is 10.1 Å². The van der Waals surface area contributed by atoms with Crippen LogP contribution in [0.25, 0.3) is 0 Å². The minimum absolute atomic E-state index is 0.0539. The molecule has 0 fully saturated rings. The van der Waals surface area contributed by atoms with Gasteiger partial charge in [-0.1, -0.05) is 31.2 Å². The van der Waals surface area contributed by atoms with Crippen molar-refractivity contribution in [3.8, 4) is 0 Å². The van der Waals surface area contributed by atoms with Gasteiger partial charge in [0.15, 0.2) is 0 Å². The molecular weight excluding hydrogens is 362 g/mol. The Morgan fingerprint density at radius 2 is 2.04 bits per heavy atom. The molecule has 3 rings (SSSR count). The second kappa shape index (κ2) is 8.81. The molecule has 0 saturated heterocycles. The van der Waals surface area contributed by atoms with Crippen molar-refractivity contribution in [3.63, 3.8) is 0 Å². The first-order chi connectivity index (χ1) is 13.1. The van der Waals surface area contributed by atoms with Gasteiger partial charge in [-0.3, -0.25) is 9.80 Å². The van der Waals surface area contributed by atoms with Gasteiger partial charge >= 0.3 is 5.97 Å². The van der Waals surface area contributed by atoms with Crippen LogP contribution in [0.15, 0.2) is 52.9 Å². The standard InChI is InChI=1S/C20H23N3O3S/c1-3-15(18-11-8-12-27-18)21-19(24)17-13-16(20(25)26-4-2)22-23(17)14-9-6-5-7-10-14/h5-12,15,17H,3-4,13H2,1-2H3,(H,21,24). The SMILES string of the molecule is CCOC(=O)C1=NN(c2ccccc2)C(C(=O)NC(CC)c2cccs2)C1. The van der Waals surface area contributed by atoms with Gasteiger partial charge in [-0.2, -0.15) is 5.10 Å². The third-order valence-corrected chi connectivity index (χ3v) is 5.34. The quantitative estimate of drug-likeness (QED) is 0.741. The summed E-state index contributed by atoms with van der Waals surface area (Å²) in [6, 6.07) is 12.7. The van der Waals surface area contributed by atoms with Crippen LogP contribution in [0, 0.1) is 0 Å². The number of rotatable bonds is 7. The van der Waals surface area contributed by atoms with Crippen LogP contribution in [-0.2, 0) is 14.3 Å². The summed E-state index contributed by atoms with van der Waals surface area (Å²) in [5.74, 6) is -0.624. The molecule has 0 saturated carbocycles. The topological polar surface area (TPSA) is 71.0 Å². The molecule has 1 aromatic heterocycles. The smallest absolute Gasteiger partial charge is 0.354 e. The highest BCUT2D eigenvalue weighted by molar-refractivity contribution is 7.10. The van der Waals surface area contributed by atoms with Gasteiger partial charge in [-0.25, -0.2) is 4.79 Å². The average molecular weight is 385 g/mol. The second-order valence-electron chi connectivity index (χ2n) is 6.15. The Labute approximate surface area is 162 Å². The number of hydrazone groups is 1. The highest BCUT2D eigenvalue weighted by atomic mass is 32.1. The van der Waals surface area contributed by atoms with Crippen molar-refractivity contribution < 1.29 is 14.3 Å². The number of ether oxygens (including phenoxy) is 1. The molecule has 1 N–H and O–H groups in total. The Balaban J connectivity index is 1.81. The van der Waals surface area contributed by atoms with Gasteiger partial charge in [-0.15, -0.1) is 11.3 Å². The zero-order valence-electron chi connectivity index (χ0n) is 15.4. The van der Waals surface area contributed by atoms with Crippen LogP contribution in [0.5, 0.6) is 0 Å². The number of amides is 1. The number of nitrogens with one attached hydrogen (secondary N) is 1. The fourth-order valence-corrected chi connectivity index (χ4v) is 3.86. The third kappa shape index (κ3) is 4.36. The van der Waals surface area contributed by atoms with Crippen LogP contribution in [0.2, 0.25) is 0 Å². The van der Waals surface area contributed by atoms with Gasteiger partial charge in [0.1, 0.15) is 11.8 Å². The molecule has 1 amide bonds. The number of carbonyl (C=O) groups is 2. The lowest BCUT2D eigenvalue weighted by Crippen LogP contribution is -2.44. The van der Waals surface area contributed by atoms with E-state index in [2.05, 4.69) is 10.4 Å². The van der Waals surface area contributed by atoms with Crippen molar-refractivity contribution in [2.24, 2.45) is 5.10 Å². The first-order valence-electron chi connectivity index (χ1n) is 9.06. The molecule has 0 spiro atoms. The van der Waals surface area contributed by atoms with E-state index in [-0.39, 0.29) is 30.7 Å². The summed E-state index contributed by atoms with van der Waals surface area (Å²) in [6.07, 6.45) is 1.01. The summed E-state index contributed by atoms with van der Waals surface area (Å²) in [4.78, 5) is 26.3. The van der Waals surface area contributed by atoms with Gasteiger partial charge in [0.05, 0.1) is 18.3 Å². The fraction of sp³-hybridized carbons (Fsp3) is 0.350. The van der Waals surface area contributed by atoms with E-state index in [1.54, 1.807) is 23.3 Å². The van der Waals surface area contributed by atoms with Crippen molar-refractivity contribution in [1.82, 2.24) is 5.32 Å². The lowest BCUT2D eigenvalue weighted by atomic mass is 10.1. The van der Waals surface area contributed by atoms with Crippen molar-refractivity contribution in [3.05, 3.63) is 52.7 Å². The molecule has 2 unspecified atom stereocenters. The van der Waals surface area contributed by atoms with Crippen LogP contribution >= 0.6 is 11.3 Å². The Hall–Kier alpha value is -2.67. The van der Waals surface area contributed by atoms with Crippen molar-refractivity contribution in [2.75, 3.05) is 11.6 Å². The summed E-state index contributed by atoms with van der Waals surface area (Å²) in [5.41, 5.74) is 1.03. The number of hydrogen-bond donors (Lipinski definition) is 1. The Kier molecular flexibility index (Phi) is 6.24. The number of nitrogens with zero attached hydrogens (tertiary/aromatic N) is 2. The van der Waals surface area contributed by atoms with Gasteiger partial charge in [0.2, 0.25) is 5.91 Å². The molecule has 1 aliphatic rings. The maximum atomic E-state index is 13.0. The molecule has 0 bridgehead atoms. The number of hydrogen-bond acceptors (Lipinski definition) is 6. The molecule has 142 valence electrons. The van der Waals surface area contributed by atoms with Gasteiger partial charge in [0, 0.05) is 11.3 Å². The second-order valence-corrected chi connectivity index (χ2v) is 7.13. The summed E-state index contributed by atoms with van der Waals surface area (Å²) < 4.78 is 5.07. The molecule has 1 aliphatic heterocycles. The molecule has 2 aromatic rings. The lowest BCUT2D eigenvalue weighted by molar-refractivity contribution is -0.135. The van der Waals surface area contributed by atoms with E-state index in [0.717, 1.165) is 17.0 Å². The number of carbonyl (C=O) groups excluding carboxylic acids is 2. The van der Waals surface area contributed by atoms with E-state index in [4.69, 9.17) is 4.74 Å². The molecular formula is C20H23N3O3S. The van der Waals surface area contributed by atoms with E-state index >= 15 is 0 Å². The Morgan fingerprint density at radius 1 is 1.26 bits per heavy atom. The van der Waals surface area contributed by atoms with E-state index in [0.29, 0.717) is 0 Å². The van der Waals surface area contributed by atoms with E-state index in [1.165, 1.54) is 0 Å². The summed E-state index contributed by atoms with van der Waals surface area (Å²) in [6.45, 7) is 4.06. The normalized spacial score (nSPS) is 17.3. The maximum Gasteiger partial charge on any atom is 0.354 e. The predicted octanol–water partition coefficient (Wildman–Crippen LogP) is 3.51. The van der Waals surface area contributed by atoms with E-state index in [9.17, 15) is 9.59 Å². The molecule has 7 heteroatoms. The molecule has 0 aliphatic carbocycles. The maximum absolute atomic E-state index is 13.0. The fourth-order valence-electron chi connectivity index (χ4n) is 3.00. The highest BCUT2D eigenvalue weighted by Crippen LogP contribution is 2.27.